The molecule has 0 spiro atoms. The Balaban J connectivity index is 0.000000815. The van der Waals surface area contributed by atoms with Crippen LogP contribution in [0.3, 0.4) is 0 Å². The molecule has 1 atom stereocenters. The average molecular weight is 474 g/mol. The van der Waals surface area contributed by atoms with Gasteiger partial charge in [0.1, 0.15) is 11.5 Å². The van der Waals surface area contributed by atoms with E-state index >= 15 is 0 Å². The monoisotopic (exact) mass is 473 g/mol. The lowest BCUT2D eigenvalue weighted by atomic mass is 9.90. The van der Waals surface area contributed by atoms with Gasteiger partial charge < -0.3 is 14.5 Å². The zero-order valence-electron chi connectivity index (χ0n) is 21.3. The molecule has 1 unspecified atom stereocenters. The number of carbonyl (C=O) groups excluding carboxylic acids is 2. The first kappa shape index (κ1) is 25.9. The van der Waals surface area contributed by atoms with Crippen LogP contribution in [0.5, 0.6) is 11.5 Å². The van der Waals surface area contributed by atoms with Crippen molar-refractivity contribution < 1.29 is 14.3 Å². The fraction of sp³-hybridized carbons (Fsp3) is 0.345. The third-order valence-electron chi connectivity index (χ3n) is 5.94. The Morgan fingerprint density at radius 3 is 2.34 bits per heavy atom. The molecule has 6 heteroatoms. The summed E-state index contributed by atoms with van der Waals surface area (Å²) in [4.78, 5) is 34.2. The van der Waals surface area contributed by atoms with Gasteiger partial charge in [-0.15, -0.1) is 0 Å². The molecular weight excluding hydrogens is 438 g/mol. The highest BCUT2D eigenvalue weighted by Gasteiger charge is 2.33. The smallest absolute Gasteiger partial charge is 0.253 e. The van der Waals surface area contributed by atoms with Gasteiger partial charge in [-0.1, -0.05) is 52.0 Å². The van der Waals surface area contributed by atoms with Crippen LogP contribution in [0.4, 0.5) is 0 Å². The van der Waals surface area contributed by atoms with Gasteiger partial charge in [0, 0.05) is 56.0 Å². The van der Waals surface area contributed by atoms with Crippen molar-refractivity contribution in [2.75, 3.05) is 20.1 Å². The van der Waals surface area contributed by atoms with Crippen molar-refractivity contribution in [3.05, 3.63) is 89.2 Å². The molecule has 2 aliphatic rings. The van der Waals surface area contributed by atoms with Gasteiger partial charge in [-0.25, -0.2) is 0 Å². The van der Waals surface area contributed by atoms with Crippen LogP contribution < -0.4 is 4.74 Å². The fourth-order valence-corrected chi connectivity index (χ4v) is 4.37. The van der Waals surface area contributed by atoms with Crippen molar-refractivity contribution in [1.82, 2.24) is 14.8 Å². The standard InChI is InChI=1S/C25H23N3O3.2C2H6/c1-27-13-11-23(29)28-14-10-22-21(9-4-12-26-22)24(28)17-5-2-7-19(15-17)31-20-8-3-6-18(16-20)25(27)30;2*1-2/h2-9,12,15-16,24H,10-11,13-14H2,1H3;2*1-2H3. The summed E-state index contributed by atoms with van der Waals surface area (Å²) < 4.78 is 6.09. The maximum Gasteiger partial charge on any atom is 0.253 e. The Bertz CT molecular complexity index is 1160. The molecular formula is C29H35N3O3. The van der Waals surface area contributed by atoms with Crippen LogP contribution in [-0.4, -0.2) is 46.7 Å². The minimum Gasteiger partial charge on any atom is -0.457 e. The number of nitrogens with zero attached hydrogens (tertiary/aromatic N) is 3. The first-order valence-corrected chi connectivity index (χ1v) is 12.5. The number of pyridine rings is 1. The number of benzene rings is 2. The van der Waals surface area contributed by atoms with Crippen molar-refractivity contribution in [3.63, 3.8) is 0 Å². The van der Waals surface area contributed by atoms with E-state index in [-0.39, 0.29) is 24.3 Å². The molecule has 3 heterocycles. The molecule has 0 N–H and O–H groups in total. The number of amides is 2. The van der Waals surface area contributed by atoms with E-state index in [9.17, 15) is 9.59 Å². The Morgan fingerprint density at radius 1 is 0.857 bits per heavy atom. The summed E-state index contributed by atoms with van der Waals surface area (Å²) in [5, 5.41) is 0. The lowest BCUT2D eigenvalue weighted by Crippen LogP contribution is -2.42. The molecule has 0 saturated heterocycles. The third kappa shape index (κ3) is 5.70. The lowest BCUT2D eigenvalue weighted by molar-refractivity contribution is -0.133. The number of hydrogen-bond donors (Lipinski definition) is 0. The topological polar surface area (TPSA) is 62.7 Å². The van der Waals surface area contributed by atoms with Crippen molar-refractivity contribution >= 4 is 11.8 Å². The second-order valence-electron chi connectivity index (χ2n) is 7.96. The van der Waals surface area contributed by atoms with Crippen LogP contribution in [0.25, 0.3) is 0 Å². The highest BCUT2D eigenvalue weighted by molar-refractivity contribution is 5.94. The predicted molar refractivity (Wildman–Crippen MR) is 139 cm³/mol. The number of carbonyl (C=O) groups is 2. The SMILES string of the molecule is CC.CC.CN1CCC(=O)N2CCc3ncccc3C2c2cccc(c2)Oc2cccc(c2)C1=O. The number of ether oxygens (including phenoxy) is 1. The summed E-state index contributed by atoms with van der Waals surface area (Å²) in [7, 11) is 1.73. The highest BCUT2D eigenvalue weighted by Crippen LogP contribution is 2.37. The molecule has 0 radical (unpaired) electrons. The summed E-state index contributed by atoms with van der Waals surface area (Å²) in [6.07, 6.45) is 2.78. The van der Waals surface area contributed by atoms with E-state index in [1.54, 1.807) is 30.3 Å². The number of aromatic nitrogens is 1. The van der Waals surface area contributed by atoms with Crippen LogP contribution >= 0.6 is 0 Å². The largest absolute Gasteiger partial charge is 0.457 e. The summed E-state index contributed by atoms with van der Waals surface area (Å²) in [6.45, 7) is 8.95. The Hall–Kier alpha value is -3.67. The van der Waals surface area contributed by atoms with E-state index in [4.69, 9.17) is 4.74 Å². The first-order chi connectivity index (χ1) is 17.1. The van der Waals surface area contributed by atoms with Gasteiger partial charge in [-0.3, -0.25) is 14.6 Å². The first-order valence-electron chi connectivity index (χ1n) is 12.5. The Morgan fingerprint density at radius 2 is 1.57 bits per heavy atom. The Labute approximate surface area is 208 Å². The molecule has 6 nitrogen and oxygen atoms in total. The fourth-order valence-electron chi connectivity index (χ4n) is 4.37. The highest BCUT2D eigenvalue weighted by atomic mass is 16.5. The average Bonchev–Trinajstić information content (AvgIpc) is 2.92. The molecule has 2 aliphatic heterocycles. The van der Waals surface area contributed by atoms with Gasteiger partial charge in [-0.2, -0.15) is 0 Å². The van der Waals surface area contributed by atoms with Gasteiger partial charge in [0.2, 0.25) is 5.91 Å². The minimum atomic E-state index is -0.233. The maximum atomic E-state index is 13.3. The number of fused-ring (bicyclic) bond motifs is 8. The van der Waals surface area contributed by atoms with E-state index in [0.29, 0.717) is 36.6 Å². The predicted octanol–water partition coefficient (Wildman–Crippen LogP) is 5.88. The Kier molecular flexibility index (Phi) is 9.01. The zero-order valence-corrected chi connectivity index (χ0v) is 21.3. The van der Waals surface area contributed by atoms with Crippen molar-refractivity contribution in [2.45, 2.75) is 46.6 Å². The lowest BCUT2D eigenvalue weighted by Gasteiger charge is -2.37. The molecule has 4 bridgehead atoms. The number of rotatable bonds is 0. The quantitative estimate of drug-likeness (QED) is 0.409. The number of hydrogen-bond acceptors (Lipinski definition) is 4. The molecule has 184 valence electrons. The van der Waals surface area contributed by atoms with Crippen LogP contribution in [-0.2, 0) is 11.2 Å². The molecule has 0 aliphatic carbocycles. The third-order valence-corrected chi connectivity index (χ3v) is 5.94. The van der Waals surface area contributed by atoms with E-state index in [2.05, 4.69) is 4.98 Å². The molecule has 35 heavy (non-hydrogen) atoms. The van der Waals surface area contributed by atoms with Crippen molar-refractivity contribution in [2.24, 2.45) is 0 Å². The molecule has 2 aromatic carbocycles. The maximum absolute atomic E-state index is 13.3. The second-order valence-corrected chi connectivity index (χ2v) is 7.96. The summed E-state index contributed by atoms with van der Waals surface area (Å²) in [5.41, 5.74) is 3.58. The zero-order chi connectivity index (χ0) is 25.4. The van der Waals surface area contributed by atoms with Crippen LogP contribution in [0.15, 0.2) is 66.9 Å². The molecule has 0 fully saturated rings. The summed E-state index contributed by atoms with van der Waals surface area (Å²) >= 11 is 0. The van der Waals surface area contributed by atoms with Gasteiger partial charge in [0.15, 0.2) is 0 Å². The normalized spacial score (nSPS) is 16.8. The van der Waals surface area contributed by atoms with Crippen molar-refractivity contribution in [3.8, 4) is 11.5 Å². The second kappa shape index (κ2) is 12.2. The molecule has 2 amide bonds. The van der Waals surface area contributed by atoms with Crippen LogP contribution in [0, 0.1) is 0 Å². The van der Waals surface area contributed by atoms with Crippen LogP contribution in [0.2, 0.25) is 0 Å². The molecule has 3 aromatic rings. The molecule has 5 rings (SSSR count). The van der Waals surface area contributed by atoms with Gasteiger partial charge in [0.25, 0.3) is 5.91 Å². The van der Waals surface area contributed by atoms with Crippen LogP contribution in [0.1, 0.15) is 67.3 Å². The van der Waals surface area contributed by atoms with Gasteiger partial charge >= 0.3 is 0 Å². The van der Waals surface area contributed by atoms with Gasteiger partial charge in [-0.05, 0) is 42.0 Å². The molecule has 1 aromatic heterocycles. The summed E-state index contributed by atoms with van der Waals surface area (Å²) in [5.74, 6) is 1.16. The van der Waals surface area contributed by atoms with E-state index in [1.807, 2.05) is 81.1 Å². The minimum absolute atomic E-state index is 0.0243. The van der Waals surface area contributed by atoms with E-state index in [0.717, 1.165) is 16.8 Å². The summed E-state index contributed by atoms with van der Waals surface area (Å²) in [6, 6.07) is 18.7. The van der Waals surface area contributed by atoms with Crippen molar-refractivity contribution in [1.29, 1.82) is 0 Å². The van der Waals surface area contributed by atoms with E-state index < -0.39 is 0 Å². The van der Waals surface area contributed by atoms with E-state index in [1.165, 1.54) is 0 Å². The van der Waals surface area contributed by atoms with Gasteiger partial charge in [0.05, 0.1) is 6.04 Å². The molecule has 0 saturated carbocycles.